The van der Waals surface area contributed by atoms with E-state index >= 15 is 0 Å². The molecule has 1 aromatic carbocycles. The lowest BCUT2D eigenvalue weighted by atomic mass is 10.1. The van der Waals surface area contributed by atoms with E-state index in [9.17, 15) is 22.8 Å². The average Bonchev–Trinajstić information content (AvgIpc) is 3.00. The summed E-state index contributed by atoms with van der Waals surface area (Å²) >= 11 is 0. The van der Waals surface area contributed by atoms with Gasteiger partial charge in [0.05, 0.1) is 12.1 Å². The molecule has 1 heterocycles. The van der Waals surface area contributed by atoms with Crippen LogP contribution in [0.2, 0.25) is 0 Å². The van der Waals surface area contributed by atoms with Gasteiger partial charge in [0.15, 0.2) is 0 Å². The number of hydrogen-bond donors (Lipinski definition) is 1. The molecule has 0 aliphatic rings. The molecule has 134 valence electrons. The Hall–Kier alpha value is -2.98. The fourth-order valence-corrected chi connectivity index (χ4v) is 1.78. The normalized spacial score (nSPS) is 11.2. The predicted octanol–water partition coefficient (Wildman–Crippen LogP) is 0.563. The topological polar surface area (TPSA) is 93.0 Å². The van der Waals surface area contributed by atoms with Crippen molar-refractivity contribution < 1.29 is 22.8 Å². The number of nitrogens with one attached hydrogen (secondary N) is 1. The molecule has 0 saturated carbocycles. The molecule has 25 heavy (non-hydrogen) atoms. The number of likely N-dealkylation sites (N-methyl/N-ethyl adjacent to an activating group) is 1. The van der Waals surface area contributed by atoms with Crippen molar-refractivity contribution in [2.24, 2.45) is 0 Å². The summed E-state index contributed by atoms with van der Waals surface area (Å²) in [6.07, 6.45) is -4.48. The maximum Gasteiger partial charge on any atom is 0.416 e. The zero-order valence-corrected chi connectivity index (χ0v) is 13.4. The summed E-state index contributed by atoms with van der Waals surface area (Å²) in [6.45, 7) is -0.492. The van der Waals surface area contributed by atoms with E-state index < -0.39 is 17.6 Å². The van der Waals surface area contributed by atoms with Crippen LogP contribution in [0.1, 0.15) is 5.56 Å². The molecule has 0 bridgehead atoms. The minimum atomic E-state index is -4.48. The van der Waals surface area contributed by atoms with E-state index in [1.54, 1.807) is 14.1 Å². The van der Waals surface area contributed by atoms with Gasteiger partial charge in [-0.2, -0.15) is 18.0 Å². The molecule has 2 rings (SSSR count). The molecule has 2 aromatic rings. The van der Waals surface area contributed by atoms with E-state index in [0.29, 0.717) is 0 Å². The SMILES string of the molecule is CN(C)C(=O)CNC(=O)Cn1nnc(-c2cccc(C(F)(F)F)c2)n1. The van der Waals surface area contributed by atoms with Gasteiger partial charge in [0.2, 0.25) is 17.6 Å². The first-order valence-electron chi connectivity index (χ1n) is 7.09. The Kier molecular flexibility index (Phi) is 5.35. The number of carbonyl (C=O) groups is 2. The number of aromatic nitrogens is 4. The molecular weight excluding hydrogens is 341 g/mol. The molecule has 0 aliphatic heterocycles. The van der Waals surface area contributed by atoms with Gasteiger partial charge in [0.1, 0.15) is 6.54 Å². The predicted molar refractivity (Wildman–Crippen MR) is 80.0 cm³/mol. The lowest BCUT2D eigenvalue weighted by Crippen LogP contribution is -2.38. The van der Waals surface area contributed by atoms with E-state index in [0.717, 1.165) is 16.9 Å². The van der Waals surface area contributed by atoms with Gasteiger partial charge in [-0.3, -0.25) is 9.59 Å². The van der Waals surface area contributed by atoms with Gasteiger partial charge in [-0.25, -0.2) is 0 Å². The number of nitrogens with zero attached hydrogens (tertiary/aromatic N) is 5. The minimum Gasteiger partial charge on any atom is -0.347 e. The highest BCUT2D eigenvalue weighted by Crippen LogP contribution is 2.31. The van der Waals surface area contributed by atoms with Gasteiger partial charge >= 0.3 is 6.18 Å². The Bertz CT molecular complexity index is 772. The Morgan fingerprint density at radius 3 is 2.64 bits per heavy atom. The fraction of sp³-hybridized carbons (Fsp3) is 0.357. The van der Waals surface area contributed by atoms with E-state index in [4.69, 9.17) is 0 Å². The van der Waals surface area contributed by atoms with Gasteiger partial charge < -0.3 is 10.2 Å². The van der Waals surface area contributed by atoms with Crippen LogP contribution >= 0.6 is 0 Å². The molecule has 0 unspecified atom stereocenters. The minimum absolute atomic E-state index is 0.0386. The first kappa shape index (κ1) is 18.4. The number of amides is 2. The molecule has 0 spiro atoms. The highest BCUT2D eigenvalue weighted by atomic mass is 19.4. The van der Waals surface area contributed by atoms with Crippen LogP contribution in [0, 0.1) is 0 Å². The number of alkyl halides is 3. The molecule has 1 N–H and O–H groups in total. The Morgan fingerprint density at radius 1 is 1.28 bits per heavy atom. The number of rotatable bonds is 5. The van der Waals surface area contributed by atoms with Gasteiger partial charge in [-0.1, -0.05) is 12.1 Å². The van der Waals surface area contributed by atoms with Crippen LogP contribution in [0.25, 0.3) is 11.4 Å². The second-order valence-corrected chi connectivity index (χ2v) is 5.29. The molecule has 0 aliphatic carbocycles. The number of hydrogen-bond acceptors (Lipinski definition) is 5. The highest BCUT2D eigenvalue weighted by molar-refractivity contribution is 5.84. The summed E-state index contributed by atoms with van der Waals surface area (Å²) in [6, 6.07) is 4.48. The van der Waals surface area contributed by atoms with Crippen LogP contribution in [0.4, 0.5) is 13.2 Å². The molecule has 8 nitrogen and oxygen atoms in total. The molecule has 0 atom stereocenters. The third kappa shape index (κ3) is 4.99. The number of halogens is 3. The van der Waals surface area contributed by atoms with Crippen LogP contribution in [0.3, 0.4) is 0 Å². The van der Waals surface area contributed by atoms with Crippen LogP contribution < -0.4 is 5.32 Å². The fourth-order valence-electron chi connectivity index (χ4n) is 1.78. The Morgan fingerprint density at radius 2 is 2.00 bits per heavy atom. The summed E-state index contributed by atoms with van der Waals surface area (Å²) in [5.74, 6) is -0.851. The van der Waals surface area contributed by atoms with E-state index in [2.05, 4.69) is 20.7 Å². The van der Waals surface area contributed by atoms with Crippen molar-refractivity contribution in [2.75, 3.05) is 20.6 Å². The lowest BCUT2D eigenvalue weighted by Gasteiger charge is -2.10. The monoisotopic (exact) mass is 356 g/mol. The molecule has 2 amide bonds. The van der Waals surface area contributed by atoms with Gasteiger partial charge in [-0.15, -0.1) is 10.2 Å². The third-order valence-corrected chi connectivity index (χ3v) is 3.12. The van der Waals surface area contributed by atoms with Crippen molar-refractivity contribution >= 4 is 11.8 Å². The summed E-state index contributed by atoms with van der Waals surface area (Å²) in [4.78, 5) is 25.3. The molecule has 0 radical (unpaired) electrons. The molecular formula is C14H15F3N6O2. The van der Waals surface area contributed by atoms with Crippen molar-refractivity contribution in [3.05, 3.63) is 29.8 Å². The largest absolute Gasteiger partial charge is 0.416 e. The van der Waals surface area contributed by atoms with E-state index in [-0.39, 0.29) is 30.4 Å². The van der Waals surface area contributed by atoms with Gasteiger partial charge in [0.25, 0.3) is 0 Å². The average molecular weight is 356 g/mol. The molecule has 0 fully saturated rings. The van der Waals surface area contributed by atoms with Crippen molar-refractivity contribution in [1.82, 2.24) is 30.4 Å². The number of tetrazole rings is 1. The number of benzene rings is 1. The molecule has 11 heteroatoms. The lowest BCUT2D eigenvalue weighted by molar-refractivity contribution is -0.137. The van der Waals surface area contributed by atoms with E-state index in [1.807, 2.05) is 0 Å². The van der Waals surface area contributed by atoms with E-state index in [1.165, 1.54) is 17.0 Å². The quantitative estimate of drug-likeness (QED) is 0.845. The van der Waals surface area contributed by atoms with Gasteiger partial charge in [0, 0.05) is 19.7 Å². The zero-order valence-electron chi connectivity index (χ0n) is 13.4. The first-order chi connectivity index (χ1) is 11.7. The van der Waals surface area contributed by atoms with Crippen molar-refractivity contribution in [1.29, 1.82) is 0 Å². The summed E-state index contributed by atoms with van der Waals surface area (Å²) in [7, 11) is 3.10. The first-order valence-corrected chi connectivity index (χ1v) is 7.09. The van der Waals surface area contributed by atoms with Gasteiger partial charge in [-0.05, 0) is 17.3 Å². The Labute approximate surface area is 140 Å². The Balaban J connectivity index is 2.03. The van der Waals surface area contributed by atoms with Crippen molar-refractivity contribution in [3.8, 4) is 11.4 Å². The number of carbonyl (C=O) groups excluding carboxylic acids is 2. The second-order valence-electron chi connectivity index (χ2n) is 5.29. The summed E-state index contributed by atoms with van der Waals surface area (Å²) < 4.78 is 38.2. The second kappa shape index (κ2) is 7.28. The maximum atomic E-state index is 12.7. The zero-order chi connectivity index (χ0) is 18.6. The highest BCUT2D eigenvalue weighted by Gasteiger charge is 2.30. The van der Waals surface area contributed by atoms with Crippen LogP contribution in [0.5, 0.6) is 0 Å². The van der Waals surface area contributed by atoms with Crippen LogP contribution in [0.15, 0.2) is 24.3 Å². The molecule has 0 saturated heterocycles. The summed E-state index contributed by atoms with van der Waals surface area (Å²) in [5, 5.41) is 13.5. The summed E-state index contributed by atoms with van der Waals surface area (Å²) in [5.41, 5.74) is -0.703. The standard InChI is InChI=1S/C14H15F3N6O2/c1-22(2)12(25)7-18-11(24)8-23-20-13(19-21-23)9-4-3-5-10(6-9)14(15,16)17/h3-6H,7-8H2,1-2H3,(H,18,24). The van der Waals surface area contributed by atoms with Crippen molar-refractivity contribution in [2.45, 2.75) is 12.7 Å². The van der Waals surface area contributed by atoms with Crippen molar-refractivity contribution in [3.63, 3.8) is 0 Å². The van der Waals surface area contributed by atoms with Crippen LogP contribution in [-0.2, 0) is 22.3 Å². The maximum absolute atomic E-state index is 12.7. The van der Waals surface area contributed by atoms with Crippen LogP contribution in [-0.4, -0.2) is 57.6 Å². The third-order valence-electron chi connectivity index (χ3n) is 3.12. The smallest absolute Gasteiger partial charge is 0.347 e. The molecule has 1 aromatic heterocycles.